The van der Waals surface area contributed by atoms with Gasteiger partial charge in [0, 0.05) is 12.0 Å². The number of hydrogen-bond donors (Lipinski definition) is 1. The Morgan fingerprint density at radius 1 is 0.704 bits per heavy atom. The summed E-state index contributed by atoms with van der Waals surface area (Å²) < 4.78 is 0. The Hall–Kier alpha value is -3.23. The van der Waals surface area contributed by atoms with Gasteiger partial charge in [0.1, 0.15) is 5.60 Å². The molecule has 130 valence electrons. The summed E-state index contributed by atoms with van der Waals surface area (Å²) in [5, 5.41) is 14.2. The Morgan fingerprint density at radius 3 is 2.11 bits per heavy atom. The van der Waals surface area contributed by atoms with Gasteiger partial charge in [0.2, 0.25) is 0 Å². The predicted molar refractivity (Wildman–Crippen MR) is 111 cm³/mol. The van der Waals surface area contributed by atoms with Gasteiger partial charge in [-0.3, -0.25) is 0 Å². The number of hydrogen-bond acceptors (Lipinski definition) is 2. The number of nitrogens with zero attached hydrogens (tertiary/aromatic N) is 1. The summed E-state index contributed by atoms with van der Waals surface area (Å²) in [5.74, 6) is 0. The molecule has 0 spiro atoms. The van der Waals surface area contributed by atoms with E-state index < -0.39 is 5.60 Å². The normalized spacial score (nSPS) is 19.7. The Morgan fingerprint density at radius 2 is 1.37 bits per heavy atom. The van der Waals surface area contributed by atoms with Gasteiger partial charge in [0.15, 0.2) is 0 Å². The molecule has 0 amide bonds. The highest BCUT2D eigenvalue weighted by atomic mass is 16.3. The first kappa shape index (κ1) is 16.0. The lowest BCUT2D eigenvalue weighted by atomic mass is 9.86. The van der Waals surface area contributed by atoms with E-state index in [1.807, 2.05) is 66.7 Å². The number of benzene rings is 4. The molecule has 1 aliphatic carbocycles. The molecule has 27 heavy (non-hydrogen) atoms. The van der Waals surface area contributed by atoms with Crippen LogP contribution in [0.15, 0.2) is 102 Å². The van der Waals surface area contributed by atoms with Gasteiger partial charge in [0.05, 0.1) is 11.4 Å². The van der Waals surface area contributed by atoms with Gasteiger partial charge in [-0.25, -0.2) is 4.99 Å². The summed E-state index contributed by atoms with van der Waals surface area (Å²) in [4.78, 5) is 4.91. The monoisotopic (exact) mass is 349 g/mol. The van der Waals surface area contributed by atoms with Crippen LogP contribution in [0.3, 0.4) is 0 Å². The molecular formula is C25H19NO. The first-order valence-electron chi connectivity index (χ1n) is 9.19. The average molecular weight is 349 g/mol. The molecule has 0 heterocycles. The van der Waals surface area contributed by atoms with E-state index in [1.165, 1.54) is 0 Å². The van der Waals surface area contributed by atoms with Gasteiger partial charge < -0.3 is 5.11 Å². The maximum atomic E-state index is 12.0. The summed E-state index contributed by atoms with van der Waals surface area (Å²) in [7, 11) is 0. The third-order valence-corrected chi connectivity index (χ3v) is 5.30. The summed E-state index contributed by atoms with van der Waals surface area (Å²) in [6.45, 7) is 0. The molecule has 1 N–H and O–H groups in total. The van der Waals surface area contributed by atoms with Crippen molar-refractivity contribution in [2.75, 3.05) is 0 Å². The maximum absolute atomic E-state index is 12.0. The van der Waals surface area contributed by atoms with E-state index in [0.29, 0.717) is 6.42 Å². The lowest BCUT2D eigenvalue weighted by Crippen LogP contribution is -2.35. The van der Waals surface area contributed by atoms with Crippen molar-refractivity contribution in [1.82, 2.24) is 0 Å². The average Bonchev–Trinajstić information content (AvgIpc) is 2.94. The zero-order valence-corrected chi connectivity index (χ0v) is 14.8. The minimum atomic E-state index is -1.15. The topological polar surface area (TPSA) is 32.6 Å². The Kier molecular flexibility index (Phi) is 3.66. The largest absolute Gasteiger partial charge is 0.378 e. The van der Waals surface area contributed by atoms with Crippen LogP contribution >= 0.6 is 0 Å². The maximum Gasteiger partial charge on any atom is 0.137 e. The molecule has 2 heteroatoms. The smallest absolute Gasteiger partial charge is 0.137 e. The summed E-state index contributed by atoms with van der Waals surface area (Å²) in [6.07, 6.45) is 0.493. The Bertz CT molecular complexity index is 1140. The van der Waals surface area contributed by atoms with Gasteiger partial charge in [0.25, 0.3) is 0 Å². The molecule has 1 atom stereocenters. The molecular weight excluding hydrogens is 330 g/mol. The third-order valence-electron chi connectivity index (χ3n) is 5.30. The van der Waals surface area contributed by atoms with Gasteiger partial charge in [-0.15, -0.1) is 0 Å². The molecule has 0 bridgehead atoms. The number of aliphatic hydroxyl groups is 1. The molecule has 0 aliphatic heterocycles. The zero-order chi connectivity index (χ0) is 18.3. The molecule has 0 radical (unpaired) electrons. The molecule has 0 aromatic heterocycles. The molecule has 2 nitrogen and oxygen atoms in total. The Balaban J connectivity index is 1.76. The standard InChI is InChI=1S/C25H19NO/c27-25(17-18-9-3-1-4-10-18)22-16-8-12-19-11-7-15-21(23(19)22)24(25)26-20-13-5-2-6-14-20/h1-16,27H,17H2. The first-order chi connectivity index (χ1) is 13.3. The van der Waals surface area contributed by atoms with E-state index in [0.717, 1.165) is 38.9 Å². The zero-order valence-electron chi connectivity index (χ0n) is 14.8. The predicted octanol–water partition coefficient (Wildman–Crippen LogP) is 5.40. The highest BCUT2D eigenvalue weighted by molar-refractivity contribution is 6.22. The number of para-hydroxylation sites is 1. The third kappa shape index (κ3) is 2.57. The van der Waals surface area contributed by atoms with E-state index in [2.05, 4.69) is 30.3 Å². The molecule has 4 aromatic rings. The molecule has 1 aliphatic rings. The molecule has 0 saturated carbocycles. The van der Waals surface area contributed by atoms with E-state index in [9.17, 15) is 5.11 Å². The highest BCUT2D eigenvalue weighted by Gasteiger charge is 2.43. The minimum Gasteiger partial charge on any atom is -0.378 e. The van der Waals surface area contributed by atoms with Crippen molar-refractivity contribution < 1.29 is 5.11 Å². The van der Waals surface area contributed by atoms with Gasteiger partial charge in [-0.1, -0.05) is 84.9 Å². The fourth-order valence-corrected chi connectivity index (χ4v) is 4.09. The van der Waals surface area contributed by atoms with Gasteiger partial charge in [-0.05, 0) is 34.0 Å². The molecule has 5 rings (SSSR count). The van der Waals surface area contributed by atoms with E-state index in [1.54, 1.807) is 0 Å². The molecule has 0 fully saturated rings. The highest BCUT2D eigenvalue weighted by Crippen LogP contribution is 2.44. The van der Waals surface area contributed by atoms with Crippen molar-refractivity contribution >= 4 is 22.2 Å². The summed E-state index contributed by atoms with van der Waals surface area (Å²) in [5.41, 5.74) is 3.47. The number of rotatable bonds is 3. The fourth-order valence-electron chi connectivity index (χ4n) is 4.09. The van der Waals surface area contributed by atoms with Gasteiger partial charge in [-0.2, -0.15) is 0 Å². The fraction of sp³-hybridized carbons (Fsp3) is 0.0800. The van der Waals surface area contributed by atoms with E-state index in [4.69, 9.17) is 4.99 Å². The molecule has 0 saturated heterocycles. The van der Waals surface area contributed by atoms with Crippen LogP contribution in [0.2, 0.25) is 0 Å². The van der Waals surface area contributed by atoms with Crippen molar-refractivity contribution in [2.45, 2.75) is 12.0 Å². The van der Waals surface area contributed by atoms with Crippen LogP contribution in [0, 0.1) is 0 Å². The minimum absolute atomic E-state index is 0.493. The van der Waals surface area contributed by atoms with Gasteiger partial charge >= 0.3 is 0 Å². The summed E-state index contributed by atoms with van der Waals surface area (Å²) >= 11 is 0. The quantitative estimate of drug-likeness (QED) is 0.527. The first-order valence-corrected chi connectivity index (χ1v) is 9.19. The van der Waals surface area contributed by atoms with Crippen molar-refractivity contribution in [3.8, 4) is 0 Å². The lowest BCUT2D eigenvalue weighted by Gasteiger charge is -2.26. The van der Waals surface area contributed by atoms with Crippen LogP contribution < -0.4 is 0 Å². The molecule has 4 aromatic carbocycles. The SMILES string of the molecule is OC1(Cc2ccccc2)C(=Nc2ccccc2)c2cccc3cccc1c23. The van der Waals surface area contributed by atoms with Crippen molar-refractivity contribution in [3.05, 3.63) is 114 Å². The van der Waals surface area contributed by atoms with Crippen LogP contribution in [-0.2, 0) is 12.0 Å². The van der Waals surface area contributed by atoms with E-state index >= 15 is 0 Å². The second-order valence-electron chi connectivity index (χ2n) is 7.03. The second kappa shape index (κ2) is 6.19. The van der Waals surface area contributed by atoms with Crippen LogP contribution in [0.5, 0.6) is 0 Å². The van der Waals surface area contributed by atoms with E-state index in [-0.39, 0.29) is 0 Å². The van der Waals surface area contributed by atoms with Crippen LogP contribution in [0.1, 0.15) is 16.7 Å². The Labute approximate surface area is 158 Å². The van der Waals surface area contributed by atoms with Crippen LogP contribution in [0.25, 0.3) is 10.8 Å². The van der Waals surface area contributed by atoms with Crippen LogP contribution in [0.4, 0.5) is 5.69 Å². The lowest BCUT2D eigenvalue weighted by molar-refractivity contribution is 0.116. The van der Waals surface area contributed by atoms with Crippen LogP contribution in [-0.4, -0.2) is 10.8 Å². The van der Waals surface area contributed by atoms with Crippen molar-refractivity contribution in [2.24, 2.45) is 4.99 Å². The molecule has 1 unspecified atom stereocenters. The summed E-state index contributed by atoms with van der Waals surface area (Å²) in [6, 6.07) is 32.3. The second-order valence-corrected chi connectivity index (χ2v) is 7.03. The van der Waals surface area contributed by atoms with Crippen molar-refractivity contribution in [1.29, 1.82) is 0 Å². The van der Waals surface area contributed by atoms with Crippen molar-refractivity contribution in [3.63, 3.8) is 0 Å². The number of aliphatic imine (C=N–C) groups is 1.